The zero-order valence-corrected chi connectivity index (χ0v) is 13.7. The lowest BCUT2D eigenvalue weighted by atomic mass is 10.4. The van der Waals surface area contributed by atoms with Crippen LogP contribution < -0.4 is 10.6 Å². The van der Waals surface area contributed by atoms with Crippen molar-refractivity contribution in [2.45, 2.75) is 39.2 Å². The van der Waals surface area contributed by atoms with Gasteiger partial charge in [-0.05, 0) is 25.8 Å². The van der Waals surface area contributed by atoms with Gasteiger partial charge in [0.25, 0.3) is 0 Å². The maximum absolute atomic E-state index is 4.18. The van der Waals surface area contributed by atoms with Gasteiger partial charge in [-0.2, -0.15) is 0 Å². The number of likely N-dealkylation sites (N-methyl/N-ethyl adjacent to an activating group) is 1. The van der Waals surface area contributed by atoms with Gasteiger partial charge in [-0.1, -0.05) is 13.8 Å². The van der Waals surface area contributed by atoms with Crippen LogP contribution in [0.15, 0.2) is 4.99 Å². The standard InChI is InChI=1S/C12H26N4.HI/c1-4-8-14-12(13-3)15-9-10-16(5-2)11-6-7-11;/h11H,4-10H2,1-3H3,(H2,13,14,15);1H. The Morgan fingerprint density at radius 2 is 1.88 bits per heavy atom. The molecule has 1 aliphatic rings. The van der Waals surface area contributed by atoms with Crippen LogP contribution in [0, 0.1) is 0 Å². The molecule has 0 atom stereocenters. The van der Waals surface area contributed by atoms with Gasteiger partial charge in [0.2, 0.25) is 0 Å². The van der Waals surface area contributed by atoms with Gasteiger partial charge < -0.3 is 10.6 Å². The second-order valence-corrected chi connectivity index (χ2v) is 4.29. The van der Waals surface area contributed by atoms with E-state index >= 15 is 0 Å². The van der Waals surface area contributed by atoms with Crippen LogP contribution in [0.2, 0.25) is 0 Å². The van der Waals surface area contributed by atoms with Gasteiger partial charge >= 0.3 is 0 Å². The van der Waals surface area contributed by atoms with E-state index in [1.54, 1.807) is 0 Å². The maximum Gasteiger partial charge on any atom is 0.191 e. The summed E-state index contributed by atoms with van der Waals surface area (Å²) in [5.41, 5.74) is 0. The Kier molecular flexibility index (Phi) is 9.91. The third kappa shape index (κ3) is 7.08. The van der Waals surface area contributed by atoms with Crippen LogP contribution in [0.1, 0.15) is 33.1 Å². The minimum Gasteiger partial charge on any atom is -0.356 e. The molecule has 1 rings (SSSR count). The van der Waals surface area contributed by atoms with Crippen molar-refractivity contribution in [1.82, 2.24) is 15.5 Å². The zero-order chi connectivity index (χ0) is 11.8. The van der Waals surface area contributed by atoms with E-state index in [0.29, 0.717) is 0 Å². The van der Waals surface area contributed by atoms with Crippen LogP contribution in [0.25, 0.3) is 0 Å². The molecule has 4 nitrogen and oxygen atoms in total. The summed E-state index contributed by atoms with van der Waals surface area (Å²) in [6.45, 7) is 8.64. The average molecular weight is 354 g/mol. The zero-order valence-electron chi connectivity index (χ0n) is 11.3. The smallest absolute Gasteiger partial charge is 0.191 e. The molecular weight excluding hydrogens is 327 g/mol. The fourth-order valence-electron chi connectivity index (χ4n) is 1.82. The molecule has 0 radical (unpaired) electrons. The van der Waals surface area contributed by atoms with E-state index in [1.165, 1.54) is 12.8 Å². The molecule has 1 fully saturated rings. The van der Waals surface area contributed by atoms with Gasteiger partial charge in [0.15, 0.2) is 5.96 Å². The van der Waals surface area contributed by atoms with Gasteiger partial charge in [0.05, 0.1) is 0 Å². The van der Waals surface area contributed by atoms with Crippen LogP contribution >= 0.6 is 24.0 Å². The number of hydrogen-bond donors (Lipinski definition) is 2. The molecule has 0 aliphatic heterocycles. The minimum atomic E-state index is 0. The van der Waals surface area contributed by atoms with E-state index in [2.05, 4.69) is 34.4 Å². The predicted molar refractivity (Wildman–Crippen MR) is 85.3 cm³/mol. The third-order valence-corrected chi connectivity index (χ3v) is 2.93. The molecule has 0 spiro atoms. The van der Waals surface area contributed by atoms with Crippen molar-refractivity contribution in [3.05, 3.63) is 0 Å². The molecule has 0 bridgehead atoms. The van der Waals surface area contributed by atoms with Crippen molar-refractivity contribution < 1.29 is 0 Å². The number of halogens is 1. The van der Waals surface area contributed by atoms with Crippen molar-refractivity contribution in [2.24, 2.45) is 4.99 Å². The molecule has 0 amide bonds. The van der Waals surface area contributed by atoms with Crippen molar-refractivity contribution in [3.63, 3.8) is 0 Å². The molecule has 0 aromatic carbocycles. The van der Waals surface area contributed by atoms with E-state index in [9.17, 15) is 0 Å². The molecule has 0 heterocycles. The van der Waals surface area contributed by atoms with E-state index in [0.717, 1.165) is 44.6 Å². The Hall–Kier alpha value is -0.0400. The van der Waals surface area contributed by atoms with E-state index in [1.807, 2.05) is 7.05 Å². The Bertz CT molecular complexity index is 217. The summed E-state index contributed by atoms with van der Waals surface area (Å²) in [7, 11) is 1.82. The minimum absolute atomic E-state index is 0. The molecule has 0 aromatic heterocycles. The van der Waals surface area contributed by atoms with Crippen molar-refractivity contribution in [1.29, 1.82) is 0 Å². The number of nitrogens with zero attached hydrogens (tertiary/aromatic N) is 2. The molecule has 1 saturated carbocycles. The van der Waals surface area contributed by atoms with Gasteiger partial charge in [-0.3, -0.25) is 9.89 Å². The summed E-state index contributed by atoms with van der Waals surface area (Å²) in [6.07, 6.45) is 3.90. The summed E-state index contributed by atoms with van der Waals surface area (Å²) in [5, 5.41) is 6.62. The van der Waals surface area contributed by atoms with E-state index in [4.69, 9.17) is 0 Å². The second-order valence-electron chi connectivity index (χ2n) is 4.29. The highest BCUT2D eigenvalue weighted by molar-refractivity contribution is 14.0. The Morgan fingerprint density at radius 1 is 1.24 bits per heavy atom. The summed E-state index contributed by atoms with van der Waals surface area (Å²) >= 11 is 0. The lowest BCUT2D eigenvalue weighted by Gasteiger charge is -2.20. The lowest BCUT2D eigenvalue weighted by molar-refractivity contribution is 0.282. The van der Waals surface area contributed by atoms with Crippen LogP contribution in [0.4, 0.5) is 0 Å². The molecule has 1 aliphatic carbocycles. The highest BCUT2D eigenvalue weighted by atomic mass is 127. The summed E-state index contributed by atoms with van der Waals surface area (Å²) in [4.78, 5) is 6.73. The molecule has 102 valence electrons. The topological polar surface area (TPSA) is 39.7 Å². The van der Waals surface area contributed by atoms with E-state index in [-0.39, 0.29) is 24.0 Å². The fourth-order valence-corrected chi connectivity index (χ4v) is 1.82. The SMILES string of the molecule is CCCNC(=NC)NCCN(CC)C1CC1.I. The summed E-state index contributed by atoms with van der Waals surface area (Å²) in [6, 6.07) is 0.859. The predicted octanol–water partition coefficient (Wildman–Crippen LogP) is 1.66. The Balaban J connectivity index is 0.00000256. The first kappa shape index (κ1) is 17.0. The molecule has 5 heteroatoms. The van der Waals surface area contributed by atoms with Crippen LogP contribution in [-0.4, -0.2) is 50.1 Å². The van der Waals surface area contributed by atoms with Gasteiger partial charge in [-0.15, -0.1) is 24.0 Å². The Morgan fingerprint density at radius 3 is 2.35 bits per heavy atom. The van der Waals surface area contributed by atoms with Crippen LogP contribution in [-0.2, 0) is 0 Å². The number of aliphatic imine (C=N–C) groups is 1. The number of rotatable bonds is 7. The van der Waals surface area contributed by atoms with Crippen LogP contribution in [0.3, 0.4) is 0 Å². The highest BCUT2D eigenvalue weighted by Crippen LogP contribution is 2.25. The first-order valence-corrected chi connectivity index (χ1v) is 6.50. The maximum atomic E-state index is 4.18. The molecule has 0 unspecified atom stereocenters. The Labute approximate surface area is 123 Å². The first-order chi connectivity index (χ1) is 7.81. The molecule has 0 saturated heterocycles. The summed E-state index contributed by atoms with van der Waals surface area (Å²) in [5.74, 6) is 0.925. The largest absolute Gasteiger partial charge is 0.356 e. The van der Waals surface area contributed by atoms with Crippen LogP contribution in [0.5, 0.6) is 0 Å². The molecule has 0 aromatic rings. The van der Waals surface area contributed by atoms with Crippen molar-refractivity contribution >= 4 is 29.9 Å². The molecular formula is C12H27IN4. The monoisotopic (exact) mass is 354 g/mol. The summed E-state index contributed by atoms with van der Waals surface area (Å²) < 4.78 is 0. The molecule has 2 N–H and O–H groups in total. The quantitative estimate of drug-likeness (QED) is 0.415. The van der Waals surface area contributed by atoms with Gasteiger partial charge in [0, 0.05) is 32.7 Å². The average Bonchev–Trinajstić information content (AvgIpc) is 3.12. The van der Waals surface area contributed by atoms with E-state index < -0.39 is 0 Å². The van der Waals surface area contributed by atoms with Gasteiger partial charge in [-0.25, -0.2) is 0 Å². The number of nitrogens with one attached hydrogen (secondary N) is 2. The first-order valence-electron chi connectivity index (χ1n) is 6.50. The highest BCUT2D eigenvalue weighted by Gasteiger charge is 2.27. The number of hydrogen-bond acceptors (Lipinski definition) is 2. The second kappa shape index (κ2) is 9.94. The van der Waals surface area contributed by atoms with Crippen molar-refractivity contribution in [3.8, 4) is 0 Å². The van der Waals surface area contributed by atoms with Crippen molar-refractivity contribution in [2.75, 3.05) is 33.2 Å². The third-order valence-electron chi connectivity index (χ3n) is 2.93. The fraction of sp³-hybridized carbons (Fsp3) is 0.917. The number of guanidine groups is 1. The lowest BCUT2D eigenvalue weighted by Crippen LogP contribution is -2.42. The van der Waals surface area contributed by atoms with Gasteiger partial charge in [0.1, 0.15) is 0 Å². The normalized spacial score (nSPS) is 15.6. The molecule has 17 heavy (non-hydrogen) atoms.